The van der Waals surface area contributed by atoms with Crippen LogP contribution in [0.5, 0.6) is 0 Å². The van der Waals surface area contributed by atoms with E-state index in [2.05, 4.69) is 48.1 Å². The second kappa shape index (κ2) is 5.37. The first-order valence-electron chi connectivity index (χ1n) is 4.76. The fourth-order valence-electron chi connectivity index (χ4n) is 1.34. The van der Waals surface area contributed by atoms with E-state index in [1.807, 2.05) is 6.07 Å². The van der Waals surface area contributed by atoms with Crippen molar-refractivity contribution < 1.29 is 4.42 Å². The molecular weight excluding hydrogens is 242 g/mol. The Bertz CT molecular complexity index is 313. The zero-order valence-electron chi connectivity index (χ0n) is 8.80. The lowest BCUT2D eigenvalue weighted by molar-refractivity contribution is 0.528. The summed E-state index contributed by atoms with van der Waals surface area (Å²) in [7, 11) is 0. The molecule has 0 aliphatic carbocycles. The van der Waals surface area contributed by atoms with Crippen molar-refractivity contribution in [2.45, 2.75) is 26.8 Å². The van der Waals surface area contributed by atoms with E-state index in [0.717, 1.165) is 16.8 Å². The lowest BCUT2D eigenvalue weighted by Gasteiger charge is -2.13. The van der Waals surface area contributed by atoms with Gasteiger partial charge in [-0.3, -0.25) is 0 Å². The molecule has 0 aliphatic heterocycles. The van der Waals surface area contributed by atoms with Crippen molar-refractivity contribution in [3.63, 3.8) is 0 Å². The highest BCUT2D eigenvalue weighted by molar-refractivity contribution is 9.10. The second-order valence-corrected chi connectivity index (χ2v) is 4.15. The number of hydrogen-bond donors (Lipinski definition) is 1. The highest BCUT2D eigenvalue weighted by Crippen LogP contribution is 2.26. The molecule has 3 heteroatoms. The quantitative estimate of drug-likeness (QED) is 0.834. The summed E-state index contributed by atoms with van der Waals surface area (Å²) < 4.78 is 6.03. The second-order valence-electron chi connectivity index (χ2n) is 3.43. The van der Waals surface area contributed by atoms with Gasteiger partial charge in [0.2, 0.25) is 0 Å². The molecule has 1 heterocycles. The van der Waals surface area contributed by atoms with E-state index in [4.69, 9.17) is 4.42 Å². The highest BCUT2D eigenvalue weighted by atomic mass is 79.9. The minimum atomic E-state index is 0.234. The predicted octanol–water partition coefficient (Wildman–Crippen LogP) is 3.66. The molecule has 1 unspecified atom stereocenters. The van der Waals surface area contributed by atoms with Crippen LogP contribution in [0.1, 0.15) is 32.4 Å². The van der Waals surface area contributed by atoms with Gasteiger partial charge in [-0.05, 0) is 42.4 Å². The lowest BCUT2D eigenvalue weighted by atomic mass is 10.1. The first kappa shape index (κ1) is 11.5. The largest absolute Gasteiger partial charge is 0.457 e. The van der Waals surface area contributed by atoms with Gasteiger partial charge < -0.3 is 9.73 Å². The molecule has 2 nitrogen and oxygen atoms in total. The van der Waals surface area contributed by atoms with Crippen LogP contribution < -0.4 is 5.32 Å². The van der Waals surface area contributed by atoms with E-state index in [0.29, 0.717) is 0 Å². The van der Waals surface area contributed by atoms with Gasteiger partial charge in [0, 0.05) is 5.56 Å². The molecule has 0 amide bonds. The van der Waals surface area contributed by atoms with Gasteiger partial charge in [0.15, 0.2) is 4.67 Å². The van der Waals surface area contributed by atoms with Crippen molar-refractivity contribution in [2.24, 2.45) is 0 Å². The van der Waals surface area contributed by atoms with Crippen molar-refractivity contribution in [3.8, 4) is 0 Å². The van der Waals surface area contributed by atoms with Gasteiger partial charge in [0.1, 0.15) is 0 Å². The zero-order chi connectivity index (χ0) is 10.6. The molecule has 0 saturated heterocycles. The molecule has 0 saturated carbocycles. The molecule has 0 radical (unpaired) electrons. The molecule has 1 N–H and O–H groups in total. The predicted molar refractivity (Wildman–Crippen MR) is 62.3 cm³/mol. The molecule has 0 aliphatic rings. The Morgan fingerprint density at radius 1 is 1.64 bits per heavy atom. The number of hydrogen-bond acceptors (Lipinski definition) is 2. The summed E-state index contributed by atoms with van der Waals surface area (Å²) in [4.78, 5) is 0. The van der Waals surface area contributed by atoms with E-state index in [-0.39, 0.29) is 6.04 Å². The SMILES string of the molecule is CCNC(C=C(C)C)c1ccoc1Br. The average Bonchev–Trinajstić information content (AvgIpc) is 2.50. The monoisotopic (exact) mass is 257 g/mol. The van der Waals surface area contributed by atoms with Gasteiger partial charge in [-0.2, -0.15) is 0 Å². The molecule has 0 bridgehead atoms. The van der Waals surface area contributed by atoms with Gasteiger partial charge >= 0.3 is 0 Å². The maximum absolute atomic E-state index is 5.22. The Labute approximate surface area is 93.5 Å². The number of halogens is 1. The van der Waals surface area contributed by atoms with Crippen molar-refractivity contribution in [3.05, 3.63) is 34.2 Å². The maximum atomic E-state index is 5.22. The summed E-state index contributed by atoms with van der Waals surface area (Å²) in [5, 5.41) is 3.39. The summed E-state index contributed by atoms with van der Waals surface area (Å²) in [6.45, 7) is 7.22. The topological polar surface area (TPSA) is 25.2 Å². The molecule has 0 fully saturated rings. The first-order valence-corrected chi connectivity index (χ1v) is 5.55. The minimum Gasteiger partial charge on any atom is -0.457 e. The Morgan fingerprint density at radius 3 is 2.79 bits per heavy atom. The van der Waals surface area contributed by atoms with Crippen molar-refractivity contribution in [1.82, 2.24) is 5.32 Å². The first-order chi connectivity index (χ1) is 6.65. The van der Waals surface area contributed by atoms with Gasteiger partial charge in [-0.1, -0.05) is 18.6 Å². The zero-order valence-corrected chi connectivity index (χ0v) is 10.4. The summed E-state index contributed by atoms with van der Waals surface area (Å²) in [5.74, 6) is 0. The normalized spacial score (nSPS) is 12.6. The van der Waals surface area contributed by atoms with Crippen molar-refractivity contribution >= 4 is 15.9 Å². The third-order valence-corrected chi connectivity index (χ3v) is 2.55. The van der Waals surface area contributed by atoms with Gasteiger partial charge in [-0.25, -0.2) is 0 Å². The number of likely N-dealkylation sites (N-methyl/N-ethyl adjacent to an activating group) is 1. The number of allylic oxidation sites excluding steroid dienone is 1. The van der Waals surface area contributed by atoms with Crippen LogP contribution in [0.3, 0.4) is 0 Å². The smallest absolute Gasteiger partial charge is 0.174 e. The summed E-state index contributed by atoms with van der Waals surface area (Å²) in [6.07, 6.45) is 3.89. The highest BCUT2D eigenvalue weighted by Gasteiger charge is 2.12. The summed E-state index contributed by atoms with van der Waals surface area (Å²) in [6, 6.07) is 2.22. The maximum Gasteiger partial charge on any atom is 0.174 e. The molecule has 0 spiro atoms. The summed E-state index contributed by atoms with van der Waals surface area (Å²) in [5.41, 5.74) is 2.44. The molecule has 1 atom stereocenters. The van der Waals surface area contributed by atoms with Gasteiger partial charge in [-0.15, -0.1) is 0 Å². The third kappa shape index (κ3) is 3.00. The molecular formula is C11H16BrNO. The van der Waals surface area contributed by atoms with Crippen LogP contribution in [0, 0.1) is 0 Å². The Balaban J connectivity index is 2.88. The minimum absolute atomic E-state index is 0.234. The van der Waals surface area contributed by atoms with E-state index in [9.17, 15) is 0 Å². The average molecular weight is 258 g/mol. The van der Waals surface area contributed by atoms with Crippen LogP contribution >= 0.6 is 15.9 Å². The fourth-order valence-corrected chi connectivity index (χ4v) is 1.83. The molecule has 1 aromatic heterocycles. The van der Waals surface area contributed by atoms with Crippen LogP contribution in [0.25, 0.3) is 0 Å². The molecule has 78 valence electrons. The molecule has 14 heavy (non-hydrogen) atoms. The number of nitrogens with one attached hydrogen (secondary N) is 1. The molecule has 1 aromatic rings. The molecule has 1 rings (SSSR count). The standard InChI is InChI=1S/C11H16BrNO/c1-4-13-10(7-8(2)3)9-5-6-14-11(9)12/h5-7,10,13H,4H2,1-3H3. The third-order valence-electron chi connectivity index (χ3n) is 1.91. The lowest BCUT2D eigenvalue weighted by Crippen LogP contribution is -2.19. The number of rotatable bonds is 4. The Kier molecular flexibility index (Phi) is 4.42. The summed E-state index contributed by atoms with van der Waals surface area (Å²) >= 11 is 3.39. The van der Waals surface area contributed by atoms with E-state index < -0.39 is 0 Å². The van der Waals surface area contributed by atoms with Crippen LogP contribution in [0.2, 0.25) is 0 Å². The van der Waals surface area contributed by atoms with Crippen LogP contribution in [-0.2, 0) is 0 Å². The van der Waals surface area contributed by atoms with E-state index in [1.165, 1.54) is 5.57 Å². The van der Waals surface area contributed by atoms with Gasteiger partial charge in [0.25, 0.3) is 0 Å². The van der Waals surface area contributed by atoms with Gasteiger partial charge in [0.05, 0.1) is 12.3 Å². The van der Waals surface area contributed by atoms with Crippen LogP contribution in [0.4, 0.5) is 0 Å². The van der Waals surface area contributed by atoms with E-state index in [1.54, 1.807) is 6.26 Å². The van der Waals surface area contributed by atoms with Crippen molar-refractivity contribution in [2.75, 3.05) is 6.54 Å². The number of furan rings is 1. The Morgan fingerprint density at radius 2 is 2.36 bits per heavy atom. The molecule has 0 aromatic carbocycles. The van der Waals surface area contributed by atoms with Crippen LogP contribution in [-0.4, -0.2) is 6.54 Å². The van der Waals surface area contributed by atoms with E-state index >= 15 is 0 Å². The Hall–Kier alpha value is -0.540. The van der Waals surface area contributed by atoms with Crippen LogP contribution in [0.15, 0.2) is 33.1 Å². The van der Waals surface area contributed by atoms with Crippen molar-refractivity contribution in [1.29, 1.82) is 0 Å². The fraction of sp³-hybridized carbons (Fsp3) is 0.455.